The van der Waals surface area contributed by atoms with Crippen molar-refractivity contribution in [3.05, 3.63) is 42.0 Å². The number of carbonyl (C=O) groups excluding carboxylic acids is 2. The van der Waals surface area contributed by atoms with Gasteiger partial charge < -0.3 is 68.9 Å². The smallest absolute Gasteiger partial charge is 0.312 e. The molecule has 18 heteroatoms. The Labute approximate surface area is 429 Å². The van der Waals surface area contributed by atoms with Crippen LogP contribution in [0.5, 0.6) is 5.75 Å². The first kappa shape index (κ1) is 58.6. The zero-order valence-corrected chi connectivity index (χ0v) is 46.0. The number of esters is 1. The van der Waals surface area contributed by atoms with Crippen LogP contribution in [0.25, 0.3) is 10.8 Å². The highest BCUT2D eigenvalue weighted by Gasteiger charge is 2.53. The van der Waals surface area contributed by atoms with Crippen LogP contribution in [0, 0.1) is 17.8 Å². The number of rotatable bonds is 13. The van der Waals surface area contributed by atoms with Crippen molar-refractivity contribution in [2.45, 2.75) is 189 Å². The minimum Gasteiger partial charge on any atom is -0.497 e. The minimum absolute atomic E-state index is 0.0957. The summed E-state index contributed by atoms with van der Waals surface area (Å²) in [5.41, 5.74) is -3.80. The Balaban J connectivity index is 1.45. The normalized spacial score (nSPS) is 40.2. The number of benzene rings is 2. The second-order valence-electron chi connectivity index (χ2n) is 21.5. The second-order valence-corrected chi connectivity index (χ2v) is 22.6. The molecular weight excluding hydrogens is 1020 g/mol. The quantitative estimate of drug-likeness (QED) is 0.0692. The molecule has 3 heterocycles. The maximum atomic E-state index is 14.4. The van der Waals surface area contributed by atoms with Crippen molar-refractivity contribution in [1.29, 1.82) is 0 Å². The van der Waals surface area contributed by atoms with E-state index in [9.17, 15) is 35.1 Å². The molecule has 3 saturated heterocycles. The Hall–Kier alpha value is -2.31. The summed E-state index contributed by atoms with van der Waals surface area (Å²) in [4.78, 5) is 31.9. The summed E-state index contributed by atoms with van der Waals surface area (Å²) in [6.07, 6.45) is -7.62. The molecular formula is C52H84IN3O14. The fraction of sp³-hybridized carbons (Fsp3) is 0.769. The third kappa shape index (κ3) is 13.7. The number of carbonyl (C=O) groups is 2. The van der Waals surface area contributed by atoms with Gasteiger partial charge in [0.1, 0.15) is 29.7 Å². The molecule has 6 N–H and O–H groups in total. The maximum absolute atomic E-state index is 14.4. The van der Waals surface area contributed by atoms with E-state index in [2.05, 4.69) is 5.32 Å². The number of hydrogen-bond donors (Lipinski definition) is 6. The number of likely N-dealkylation sites (N-methyl/N-ethyl adjacent to an activating group) is 1. The van der Waals surface area contributed by atoms with Gasteiger partial charge in [0.05, 0.1) is 54.6 Å². The van der Waals surface area contributed by atoms with Crippen LogP contribution in [-0.4, -0.2) is 183 Å². The molecule has 3 aliphatic rings. The standard InChI is InChI=1S/C52H84IN3O14/c1-28-25-50(8,62)45(69-48-41(57)39(55(11)12)22-29(2)66-48)31(4)42(68-40-26-51(9,65-14)44(59)34(7)67-40)32(5)47(61)70-49(53)52(10,63)43(58)33(6)56(27-28)21-15-20-54-46(60)30(3)35-16-17-37-24-38(64-13)19-18-36(37)23-35/h16-19,23-24,28-34,39-45,48-49,57-59,62-63H,15,20-22,25-27H2,1-14H3,(H,54,60)/t28-,29-,30-,31+,32-,33-,34+,39+,40+,41-,42+,43-,44+,45-,48+,49+,50-,51-,52+/m1/s1. The number of fused-ring (bicyclic) bond motifs is 1. The van der Waals surface area contributed by atoms with E-state index in [-0.39, 0.29) is 36.8 Å². The first-order chi connectivity index (χ1) is 32.6. The van der Waals surface area contributed by atoms with Crippen LogP contribution in [0.3, 0.4) is 0 Å². The van der Waals surface area contributed by atoms with Crippen LogP contribution >= 0.6 is 22.6 Å². The predicted octanol–water partition coefficient (Wildman–Crippen LogP) is 4.73. The van der Waals surface area contributed by atoms with Gasteiger partial charge in [-0.15, -0.1) is 0 Å². The van der Waals surface area contributed by atoms with E-state index >= 15 is 0 Å². The lowest BCUT2D eigenvalue weighted by Crippen LogP contribution is -2.60. The molecule has 17 nitrogen and oxygen atoms in total. The third-order valence-electron chi connectivity index (χ3n) is 15.3. The molecule has 0 aliphatic carbocycles. The summed E-state index contributed by atoms with van der Waals surface area (Å²) in [5, 5.41) is 64.9. The fourth-order valence-corrected chi connectivity index (χ4v) is 11.4. The minimum atomic E-state index is -1.95. The monoisotopic (exact) mass is 1100 g/mol. The van der Waals surface area contributed by atoms with Crippen molar-refractivity contribution in [3.63, 3.8) is 0 Å². The van der Waals surface area contributed by atoms with Crippen LogP contribution in [0.15, 0.2) is 36.4 Å². The van der Waals surface area contributed by atoms with E-state index in [0.29, 0.717) is 32.5 Å². The molecule has 5 rings (SSSR count). The second kappa shape index (κ2) is 24.4. The molecule has 0 bridgehead atoms. The van der Waals surface area contributed by atoms with Crippen molar-refractivity contribution < 1.29 is 68.3 Å². The predicted molar refractivity (Wildman–Crippen MR) is 273 cm³/mol. The summed E-state index contributed by atoms with van der Waals surface area (Å²) in [7, 11) is 6.88. The number of aliphatic hydroxyl groups excluding tert-OH is 3. The molecule has 1 amide bonds. The molecule has 0 saturated carbocycles. The topological polar surface area (TPSA) is 218 Å². The van der Waals surface area contributed by atoms with Gasteiger partial charge in [0.2, 0.25) is 5.91 Å². The van der Waals surface area contributed by atoms with Gasteiger partial charge in [-0.25, -0.2) is 0 Å². The number of ether oxygens (including phenoxy) is 7. The number of halogens is 1. The van der Waals surface area contributed by atoms with E-state index in [1.807, 2.05) is 104 Å². The van der Waals surface area contributed by atoms with Crippen LogP contribution < -0.4 is 10.1 Å². The van der Waals surface area contributed by atoms with Crippen LogP contribution in [0.4, 0.5) is 0 Å². The molecule has 19 atom stereocenters. The molecule has 0 aromatic heterocycles. The lowest BCUT2D eigenvalue weighted by Gasteiger charge is -2.48. The van der Waals surface area contributed by atoms with Gasteiger partial charge >= 0.3 is 5.97 Å². The number of cyclic esters (lactones) is 1. The highest BCUT2D eigenvalue weighted by atomic mass is 127. The largest absolute Gasteiger partial charge is 0.497 e. The Morgan fingerprint density at radius 3 is 2.24 bits per heavy atom. The highest BCUT2D eigenvalue weighted by molar-refractivity contribution is 14.1. The molecule has 0 unspecified atom stereocenters. The molecule has 3 aliphatic heterocycles. The van der Waals surface area contributed by atoms with Crippen LogP contribution in [0.2, 0.25) is 0 Å². The average Bonchev–Trinajstić information content (AvgIpc) is 3.31. The Bertz CT molecular complexity index is 2030. The Morgan fingerprint density at radius 1 is 0.943 bits per heavy atom. The summed E-state index contributed by atoms with van der Waals surface area (Å²) in [5.74, 6) is -2.73. The first-order valence-corrected chi connectivity index (χ1v) is 26.2. The van der Waals surface area contributed by atoms with Crippen molar-refractivity contribution in [2.75, 3.05) is 47.9 Å². The first-order valence-electron chi connectivity index (χ1n) is 24.9. The van der Waals surface area contributed by atoms with Gasteiger partial charge in [-0.3, -0.25) is 14.5 Å². The van der Waals surface area contributed by atoms with Gasteiger partial charge in [-0.2, -0.15) is 0 Å². The third-order valence-corrected chi connectivity index (χ3v) is 16.8. The van der Waals surface area contributed by atoms with Crippen molar-refractivity contribution in [2.24, 2.45) is 17.8 Å². The van der Waals surface area contributed by atoms with E-state index in [1.165, 1.54) is 14.0 Å². The SMILES string of the molecule is COc1ccc2cc([C@@H](C)C(=O)NCCCN3C[C@H](C)C[C@@](C)(O)[C@H](O[C@@H]4O[C@H](C)C[C@H](N(C)C)[C@H]4O)[C@@H](C)[C@H](O[C@H]4C[C@@](C)(OC)[C@@H](O)[C@H](C)O4)[C@@H](C)C(=O)O[C@H](I)[C@@](C)(O)[C@H](O)[C@H]3C)ccc2c1. The average molecular weight is 1100 g/mol. The lowest BCUT2D eigenvalue weighted by molar-refractivity contribution is -0.317. The van der Waals surface area contributed by atoms with E-state index in [4.69, 9.17) is 33.2 Å². The van der Waals surface area contributed by atoms with Gasteiger partial charge in [-0.05, 0) is 146 Å². The zero-order chi connectivity index (χ0) is 52.2. The van der Waals surface area contributed by atoms with Gasteiger partial charge in [0, 0.05) is 51.2 Å². The number of amides is 1. The van der Waals surface area contributed by atoms with E-state index in [0.717, 1.165) is 22.1 Å². The number of nitrogens with zero attached hydrogens (tertiary/aromatic N) is 2. The number of methoxy groups -OCH3 is 2. The van der Waals surface area contributed by atoms with Crippen molar-refractivity contribution in [3.8, 4) is 5.75 Å². The molecule has 398 valence electrons. The number of alkyl halides is 1. The molecule has 2 aromatic carbocycles. The van der Waals surface area contributed by atoms with E-state index < -0.39 is 99.9 Å². The number of nitrogens with one attached hydrogen (secondary N) is 1. The Kier molecular flexibility index (Phi) is 20.4. The molecule has 2 aromatic rings. The maximum Gasteiger partial charge on any atom is 0.312 e. The zero-order valence-electron chi connectivity index (χ0n) is 43.8. The number of hydrogen-bond acceptors (Lipinski definition) is 16. The van der Waals surface area contributed by atoms with Crippen molar-refractivity contribution >= 4 is 45.2 Å². The van der Waals surface area contributed by atoms with Crippen molar-refractivity contribution in [1.82, 2.24) is 15.1 Å². The van der Waals surface area contributed by atoms with Gasteiger partial charge in [-0.1, -0.05) is 38.1 Å². The summed E-state index contributed by atoms with van der Waals surface area (Å²) in [6.45, 7) is 18.6. The lowest BCUT2D eigenvalue weighted by atomic mass is 9.77. The van der Waals surface area contributed by atoms with Gasteiger partial charge in [0.25, 0.3) is 0 Å². The van der Waals surface area contributed by atoms with Gasteiger partial charge in [0.15, 0.2) is 16.7 Å². The molecule has 0 radical (unpaired) electrons. The summed E-state index contributed by atoms with van der Waals surface area (Å²) >= 11 is 1.83. The van der Waals surface area contributed by atoms with Crippen LogP contribution in [-0.2, 0) is 38.0 Å². The molecule has 70 heavy (non-hydrogen) atoms. The number of aliphatic hydroxyl groups is 5. The molecule has 3 fully saturated rings. The summed E-state index contributed by atoms with van der Waals surface area (Å²) in [6, 6.07) is 10.7. The molecule has 0 spiro atoms. The highest BCUT2D eigenvalue weighted by Crippen LogP contribution is 2.41. The van der Waals surface area contributed by atoms with Crippen LogP contribution in [0.1, 0.15) is 106 Å². The van der Waals surface area contributed by atoms with E-state index in [1.54, 1.807) is 48.7 Å². The summed E-state index contributed by atoms with van der Waals surface area (Å²) < 4.78 is 42.0. The fourth-order valence-electron chi connectivity index (χ4n) is 10.7. The Morgan fingerprint density at radius 2 is 1.60 bits per heavy atom.